The first-order valence-electron chi connectivity index (χ1n) is 9.14. The van der Waals surface area contributed by atoms with Gasteiger partial charge in [0.25, 0.3) is 5.91 Å². The van der Waals surface area contributed by atoms with Gasteiger partial charge in [-0.25, -0.2) is 9.48 Å². The predicted molar refractivity (Wildman–Crippen MR) is 118 cm³/mol. The van der Waals surface area contributed by atoms with Gasteiger partial charge < -0.3 is 14.5 Å². The molecule has 0 radical (unpaired) electrons. The minimum absolute atomic E-state index is 0.213. The summed E-state index contributed by atoms with van der Waals surface area (Å²) >= 11 is 18.6. The zero-order chi connectivity index (χ0) is 22.4. The van der Waals surface area contributed by atoms with Gasteiger partial charge in [-0.2, -0.15) is 5.10 Å². The Balaban J connectivity index is 1.56. The van der Waals surface area contributed by atoms with E-state index in [1.165, 1.54) is 18.4 Å². The molecule has 0 atom stereocenters. The molecule has 0 unspecified atom stereocenters. The number of aryl methyl sites for hydroxylation is 1. The van der Waals surface area contributed by atoms with Crippen molar-refractivity contribution in [2.45, 2.75) is 20.0 Å². The molecule has 31 heavy (non-hydrogen) atoms. The molecule has 10 heteroatoms. The van der Waals surface area contributed by atoms with Crippen molar-refractivity contribution in [2.75, 3.05) is 6.61 Å². The molecule has 2 aromatic heterocycles. The quantitative estimate of drug-likeness (QED) is 0.372. The Morgan fingerprint density at radius 2 is 2.06 bits per heavy atom. The van der Waals surface area contributed by atoms with Crippen LogP contribution in [0.3, 0.4) is 0 Å². The number of hydrogen-bond acceptors (Lipinski definition) is 5. The van der Waals surface area contributed by atoms with Crippen molar-refractivity contribution in [3.05, 3.63) is 80.5 Å². The van der Waals surface area contributed by atoms with E-state index in [4.69, 9.17) is 44.0 Å². The van der Waals surface area contributed by atoms with Crippen LogP contribution in [0.25, 0.3) is 6.08 Å². The lowest BCUT2D eigenvalue weighted by molar-refractivity contribution is -0.143. The number of rotatable bonds is 8. The Hall–Kier alpha value is -2.74. The third kappa shape index (κ3) is 6.37. The standard InChI is InChI=1S/C21H18Cl3N3O4/c1-13-17(21(24)27(26-13)11-14-4-5-15(22)9-18(14)23)6-7-20(29)31-12-19(28)25-10-16-3-2-8-30-16/h2-9H,10-12H2,1H3,(H,25,28)/b7-6+. The molecule has 1 N–H and O–H groups in total. The molecule has 0 bridgehead atoms. The van der Waals surface area contributed by atoms with Crippen LogP contribution < -0.4 is 5.32 Å². The minimum atomic E-state index is -0.683. The molecule has 2 heterocycles. The second kappa shape index (κ2) is 10.5. The van der Waals surface area contributed by atoms with Gasteiger partial charge in [0.15, 0.2) is 6.61 Å². The van der Waals surface area contributed by atoms with Crippen molar-refractivity contribution < 1.29 is 18.7 Å². The number of hydrogen-bond donors (Lipinski definition) is 1. The summed E-state index contributed by atoms with van der Waals surface area (Å²) in [5.41, 5.74) is 1.98. The third-order valence-electron chi connectivity index (χ3n) is 4.22. The van der Waals surface area contributed by atoms with Crippen LogP contribution in [0, 0.1) is 6.92 Å². The first kappa shape index (κ1) is 22.9. The summed E-state index contributed by atoms with van der Waals surface area (Å²) in [6.45, 7) is 1.90. The van der Waals surface area contributed by atoms with Crippen LogP contribution in [0.2, 0.25) is 15.2 Å². The number of halogens is 3. The largest absolute Gasteiger partial charge is 0.467 e. The van der Waals surface area contributed by atoms with Crippen LogP contribution in [-0.4, -0.2) is 28.3 Å². The molecule has 7 nitrogen and oxygen atoms in total. The smallest absolute Gasteiger partial charge is 0.331 e. The topological polar surface area (TPSA) is 86.4 Å². The number of furan rings is 1. The number of nitrogens with one attached hydrogen (secondary N) is 1. The van der Waals surface area contributed by atoms with E-state index in [1.807, 2.05) is 0 Å². The van der Waals surface area contributed by atoms with Crippen LogP contribution in [0.15, 0.2) is 47.1 Å². The average molecular weight is 483 g/mol. The number of benzene rings is 1. The van der Waals surface area contributed by atoms with E-state index >= 15 is 0 Å². The van der Waals surface area contributed by atoms with Gasteiger partial charge in [-0.1, -0.05) is 40.9 Å². The maximum absolute atomic E-state index is 11.9. The van der Waals surface area contributed by atoms with Crippen molar-refractivity contribution >= 4 is 52.8 Å². The molecule has 1 amide bonds. The van der Waals surface area contributed by atoms with Gasteiger partial charge in [0.2, 0.25) is 0 Å². The lowest BCUT2D eigenvalue weighted by atomic mass is 10.2. The fourth-order valence-corrected chi connectivity index (χ4v) is 3.42. The van der Waals surface area contributed by atoms with Crippen LogP contribution in [0.1, 0.15) is 22.6 Å². The number of carbonyl (C=O) groups is 2. The SMILES string of the molecule is Cc1nn(Cc2ccc(Cl)cc2Cl)c(Cl)c1/C=C/C(=O)OCC(=O)NCc1ccco1. The zero-order valence-electron chi connectivity index (χ0n) is 16.4. The molecule has 3 aromatic rings. The Bertz CT molecular complexity index is 1110. The molecule has 3 rings (SSSR count). The second-order valence-electron chi connectivity index (χ2n) is 6.48. The maximum Gasteiger partial charge on any atom is 0.331 e. The summed E-state index contributed by atoms with van der Waals surface area (Å²) in [6, 6.07) is 8.61. The number of esters is 1. The van der Waals surface area contributed by atoms with Gasteiger partial charge in [-0.3, -0.25) is 4.79 Å². The number of nitrogens with zero attached hydrogens (tertiary/aromatic N) is 2. The number of amides is 1. The van der Waals surface area contributed by atoms with E-state index in [1.54, 1.807) is 41.9 Å². The fourth-order valence-electron chi connectivity index (χ4n) is 2.66. The van der Waals surface area contributed by atoms with Crippen molar-refractivity contribution in [3.63, 3.8) is 0 Å². The number of ether oxygens (including phenoxy) is 1. The summed E-state index contributed by atoms with van der Waals surface area (Å²) in [6.07, 6.45) is 4.19. The summed E-state index contributed by atoms with van der Waals surface area (Å²) in [5.74, 6) is -0.529. The summed E-state index contributed by atoms with van der Waals surface area (Å²) < 4.78 is 11.6. The van der Waals surface area contributed by atoms with E-state index in [-0.39, 0.29) is 6.54 Å². The Morgan fingerprint density at radius 1 is 1.26 bits per heavy atom. The van der Waals surface area contributed by atoms with Crippen molar-refractivity contribution in [1.82, 2.24) is 15.1 Å². The van der Waals surface area contributed by atoms with Crippen LogP contribution >= 0.6 is 34.8 Å². The normalized spacial score (nSPS) is 11.1. The molecule has 162 valence electrons. The van der Waals surface area contributed by atoms with Crippen LogP contribution in [0.4, 0.5) is 0 Å². The Labute approximate surface area is 193 Å². The van der Waals surface area contributed by atoms with Crippen molar-refractivity contribution in [1.29, 1.82) is 0 Å². The molecule has 1 aromatic carbocycles. The summed E-state index contributed by atoms with van der Waals surface area (Å²) in [5, 5.41) is 8.34. The molecule has 0 aliphatic heterocycles. The fraction of sp³-hybridized carbons (Fsp3) is 0.190. The highest BCUT2D eigenvalue weighted by Gasteiger charge is 2.14. The third-order valence-corrected chi connectivity index (χ3v) is 5.20. The second-order valence-corrected chi connectivity index (χ2v) is 7.68. The van der Waals surface area contributed by atoms with Crippen molar-refractivity contribution in [3.8, 4) is 0 Å². The Morgan fingerprint density at radius 3 is 2.77 bits per heavy atom. The van der Waals surface area contributed by atoms with Gasteiger partial charge in [0, 0.05) is 21.7 Å². The molecule has 0 spiro atoms. The summed E-state index contributed by atoms with van der Waals surface area (Å²) in [7, 11) is 0. The monoisotopic (exact) mass is 481 g/mol. The van der Waals surface area contributed by atoms with Gasteiger partial charge in [-0.15, -0.1) is 0 Å². The van der Waals surface area contributed by atoms with E-state index < -0.39 is 18.5 Å². The van der Waals surface area contributed by atoms with E-state index in [9.17, 15) is 9.59 Å². The van der Waals surface area contributed by atoms with E-state index in [2.05, 4.69) is 10.4 Å². The lowest BCUT2D eigenvalue weighted by Gasteiger charge is -2.06. The van der Waals surface area contributed by atoms with Crippen molar-refractivity contribution in [2.24, 2.45) is 0 Å². The molecular formula is C21H18Cl3N3O4. The van der Waals surface area contributed by atoms with Gasteiger partial charge in [0.1, 0.15) is 10.9 Å². The zero-order valence-corrected chi connectivity index (χ0v) is 18.7. The maximum atomic E-state index is 11.9. The molecule has 0 saturated heterocycles. The molecule has 0 aliphatic carbocycles. The molecule has 0 aliphatic rings. The van der Waals surface area contributed by atoms with E-state index in [0.717, 1.165) is 5.56 Å². The summed E-state index contributed by atoms with van der Waals surface area (Å²) in [4.78, 5) is 23.7. The highest BCUT2D eigenvalue weighted by molar-refractivity contribution is 6.35. The first-order chi connectivity index (χ1) is 14.8. The van der Waals surface area contributed by atoms with E-state index in [0.29, 0.717) is 38.8 Å². The van der Waals surface area contributed by atoms with Gasteiger partial charge >= 0.3 is 5.97 Å². The molecule has 0 fully saturated rings. The highest BCUT2D eigenvalue weighted by Crippen LogP contribution is 2.26. The Kier molecular flexibility index (Phi) is 7.79. The van der Waals surface area contributed by atoms with Crippen LogP contribution in [-0.2, 0) is 27.4 Å². The lowest BCUT2D eigenvalue weighted by Crippen LogP contribution is -2.27. The highest BCUT2D eigenvalue weighted by atomic mass is 35.5. The number of carbonyl (C=O) groups excluding carboxylic acids is 2. The minimum Gasteiger partial charge on any atom is -0.467 e. The first-order valence-corrected chi connectivity index (χ1v) is 10.3. The molecular weight excluding hydrogens is 465 g/mol. The molecule has 0 saturated carbocycles. The predicted octanol–water partition coefficient (Wildman–Crippen LogP) is 4.67. The van der Waals surface area contributed by atoms with Crippen LogP contribution in [0.5, 0.6) is 0 Å². The van der Waals surface area contributed by atoms with Gasteiger partial charge in [0.05, 0.1) is 25.0 Å². The van der Waals surface area contributed by atoms with Gasteiger partial charge in [-0.05, 0) is 42.8 Å². The number of aromatic nitrogens is 2. The average Bonchev–Trinajstić information content (AvgIpc) is 3.34.